The van der Waals surface area contributed by atoms with E-state index in [9.17, 15) is 18.0 Å². The standard InChI is InChI=1S/C12H11BrF3NO2/c1-19-9-6-7(13)2-3-8(9)10(18)17-11(4-5-11)12(14,15)16/h2-3,6H,4-5H2,1H3,(H,17,18). The summed E-state index contributed by atoms with van der Waals surface area (Å²) < 4.78 is 44.0. The minimum atomic E-state index is -4.43. The minimum absolute atomic E-state index is 0.0823. The summed E-state index contributed by atoms with van der Waals surface area (Å²) in [6, 6.07) is 4.53. The van der Waals surface area contributed by atoms with E-state index >= 15 is 0 Å². The first-order valence-corrected chi connectivity index (χ1v) is 6.31. The number of carbonyl (C=O) groups is 1. The van der Waals surface area contributed by atoms with Gasteiger partial charge in [0.1, 0.15) is 11.3 Å². The SMILES string of the molecule is COc1cc(Br)ccc1C(=O)NC1(C(F)(F)F)CC1. The second kappa shape index (κ2) is 4.70. The molecule has 1 amide bonds. The quantitative estimate of drug-likeness (QED) is 0.919. The highest BCUT2D eigenvalue weighted by molar-refractivity contribution is 9.10. The number of hydrogen-bond donors (Lipinski definition) is 1. The van der Waals surface area contributed by atoms with E-state index in [-0.39, 0.29) is 24.2 Å². The van der Waals surface area contributed by atoms with Crippen molar-refractivity contribution in [2.45, 2.75) is 24.6 Å². The zero-order chi connectivity index (χ0) is 14.3. The number of amides is 1. The number of nitrogens with one attached hydrogen (secondary N) is 1. The summed E-state index contributed by atoms with van der Waals surface area (Å²) in [7, 11) is 1.36. The number of halogens is 4. The van der Waals surface area contributed by atoms with E-state index in [1.54, 1.807) is 6.07 Å². The summed E-state index contributed by atoms with van der Waals surface area (Å²) >= 11 is 3.20. The van der Waals surface area contributed by atoms with Gasteiger partial charge in [-0.2, -0.15) is 13.2 Å². The first-order chi connectivity index (χ1) is 8.79. The predicted molar refractivity (Wildman–Crippen MR) is 66.2 cm³/mol. The van der Waals surface area contributed by atoms with Crippen LogP contribution in [0.25, 0.3) is 0 Å². The monoisotopic (exact) mass is 337 g/mol. The smallest absolute Gasteiger partial charge is 0.411 e. The molecule has 1 aromatic rings. The lowest BCUT2D eigenvalue weighted by atomic mass is 10.1. The average Bonchev–Trinajstić information content (AvgIpc) is 3.08. The van der Waals surface area contributed by atoms with Gasteiger partial charge in [0.25, 0.3) is 5.91 Å². The number of carbonyl (C=O) groups excluding carboxylic acids is 1. The molecule has 1 aromatic carbocycles. The van der Waals surface area contributed by atoms with Gasteiger partial charge in [0, 0.05) is 4.47 Å². The number of benzene rings is 1. The average molecular weight is 338 g/mol. The van der Waals surface area contributed by atoms with Crippen molar-refractivity contribution >= 4 is 21.8 Å². The highest BCUT2D eigenvalue weighted by Gasteiger charge is 2.64. The third-order valence-corrected chi connectivity index (χ3v) is 3.55. The van der Waals surface area contributed by atoms with Gasteiger partial charge in [-0.15, -0.1) is 0 Å². The third kappa shape index (κ3) is 2.70. The maximum absolute atomic E-state index is 12.8. The van der Waals surface area contributed by atoms with Crippen molar-refractivity contribution in [2.24, 2.45) is 0 Å². The molecule has 0 aliphatic heterocycles. The van der Waals surface area contributed by atoms with E-state index in [0.717, 1.165) is 0 Å². The largest absolute Gasteiger partial charge is 0.496 e. The Labute approximate surface area is 116 Å². The molecule has 0 spiro atoms. The Morgan fingerprint density at radius 1 is 1.42 bits per heavy atom. The highest BCUT2D eigenvalue weighted by atomic mass is 79.9. The summed E-state index contributed by atoms with van der Waals surface area (Å²) in [5.74, 6) is -0.552. The van der Waals surface area contributed by atoms with Crippen LogP contribution in [0, 0.1) is 0 Å². The summed E-state index contributed by atoms with van der Waals surface area (Å²) in [5, 5.41) is 2.06. The number of methoxy groups -OCH3 is 1. The lowest BCUT2D eigenvalue weighted by molar-refractivity contribution is -0.163. The Balaban J connectivity index is 2.22. The molecule has 0 unspecified atom stereocenters. The van der Waals surface area contributed by atoms with Gasteiger partial charge in [-0.25, -0.2) is 0 Å². The molecule has 1 aliphatic rings. The van der Waals surface area contributed by atoms with Crippen LogP contribution < -0.4 is 10.1 Å². The summed E-state index contributed by atoms with van der Waals surface area (Å²) in [6.45, 7) is 0. The van der Waals surface area contributed by atoms with E-state index < -0.39 is 17.6 Å². The first kappa shape index (κ1) is 14.2. The predicted octanol–water partition coefficient (Wildman–Crippen LogP) is 3.28. The van der Waals surface area contributed by atoms with E-state index in [4.69, 9.17) is 4.74 Å². The molecule has 0 aromatic heterocycles. The van der Waals surface area contributed by atoms with Gasteiger partial charge in [-0.3, -0.25) is 4.79 Å². The van der Waals surface area contributed by atoms with Crippen LogP contribution >= 0.6 is 15.9 Å². The van der Waals surface area contributed by atoms with Crippen LogP contribution in [0.2, 0.25) is 0 Å². The zero-order valence-electron chi connectivity index (χ0n) is 9.97. The molecule has 0 saturated heterocycles. The second-order valence-electron chi connectivity index (χ2n) is 4.38. The minimum Gasteiger partial charge on any atom is -0.496 e. The van der Waals surface area contributed by atoms with Gasteiger partial charge >= 0.3 is 6.18 Å². The molecule has 1 aliphatic carbocycles. The van der Waals surface area contributed by atoms with E-state index in [1.807, 2.05) is 0 Å². The second-order valence-corrected chi connectivity index (χ2v) is 5.29. The fourth-order valence-electron chi connectivity index (χ4n) is 1.74. The van der Waals surface area contributed by atoms with Gasteiger partial charge < -0.3 is 10.1 Å². The Morgan fingerprint density at radius 2 is 2.05 bits per heavy atom. The molecule has 0 atom stereocenters. The number of alkyl halides is 3. The Bertz CT molecular complexity index is 512. The van der Waals surface area contributed by atoms with Gasteiger partial charge in [0.05, 0.1) is 12.7 Å². The molecule has 1 saturated carbocycles. The molecule has 1 N–H and O–H groups in total. The summed E-state index contributed by atoms with van der Waals surface area (Å²) in [6.07, 6.45) is -4.59. The third-order valence-electron chi connectivity index (χ3n) is 3.05. The highest BCUT2D eigenvalue weighted by Crippen LogP contribution is 2.49. The van der Waals surface area contributed by atoms with Crippen molar-refractivity contribution in [3.05, 3.63) is 28.2 Å². The molecule has 0 bridgehead atoms. The van der Waals surface area contributed by atoms with Gasteiger partial charge in [-0.1, -0.05) is 15.9 Å². The Morgan fingerprint density at radius 3 is 2.53 bits per heavy atom. The van der Waals surface area contributed by atoms with Crippen molar-refractivity contribution in [1.82, 2.24) is 5.32 Å². The van der Waals surface area contributed by atoms with Crippen molar-refractivity contribution in [3.8, 4) is 5.75 Å². The van der Waals surface area contributed by atoms with Gasteiger partial charge in [0.15, 0.2) is 0 Å². The normalized spacial score (nSPS) is 16.9. The molecule has 0 radical (unpaired) electrons. The molecule has 104 valence electrons. The van der Waals surface area contributed by atoms with Crippen molar-refractivity contribution < 1.29 is 22.7 Å². The van der Waals surface area contributed by atoms with Crippen molar-refractivity contribution in [1.29, 1.82) is 0 Å². The first-order valence-electron chi connectivity index (χ1n) is 5.52. The molecule has 7 heteroatoms. The Hall–Kier alpha value is -1.24. The molecule has 2 rings (SSSR count). The molecular weight excluding hydrogens is 327 g/mol. The van der Waals surface area contributed by atoms with E-state index in [2.05, 4.69) is 21.2 Å². The van der Waals surface area contributed by atoms with Crippen LogP contribution in [-0.2, 0) is 0 Å². The van der Waals surface area contributed by atoms with Crippen LogP contribution in [0.5, 0.6) is 5.75 Å². The lowest BCUT2D eigenvalue weighted by Crippen LogP contribution is -2.47. The molecule has 1 fully saturated rings. The summed E-state index contributed by atoms with van der Waals surface area (Å²) in [5.41, 5.74) is -1.98. The van der Waals surface area contributed by atoms with Crippen LogP contribution in [-0.4, -0.2) is 24.7 Å². The lowest BCUT2D eigenvalue weighted by Gasteiger charge is -2.21. The fraction of sp³-hybridized carbons (Fsp3) is 0.417. The molecule has 0 heterocycles. The van der Waals surface area contributed by atoms with Gasteiger partial charge in [-0.05, 0) is 31.0 Å². The number of ether oxygens (including phenoxy) is 1. The zero-order valence-corrected chi connectivity index (χ0v) is 11.6. The fourth-order valence-corrected chi connectivity index (χ4v) is 2.08. The van der Waals surface area contributed by atoms with E-state index in [1.165, 1.54) is 19.2 Å². The maximum atomic E-state index is 12.8. The molecule has 3 nitrogen and oxygen atoms in total. The van der Waals surface area contributed by atoms with E-state index in [0.29, 0.717) is 4.47 Å². The van der Waals surface area contributed by atoms with Crippen LogP contribution in [0.1, 0.15) is 23.2 Å². The Kier molecular flexibility index (Phi) is 3.51. The molecule has 19 heavy (non-hydrogen) atoms. The molecular formula is C12H11BrF3NO2. The number of rotatable bonds is 3. The van der Waals surface area contributed by atoms with Gasteiger partial charge in [0.2, 0.25) is 0 Å². The number of hydrogen-bond acceptors (Lipinski definition) is 2. The summed E-state index contributed by atoms with van der Waals surface area (Å²) in [4.78, 5) is 11.9. The van der Waals surface area contributed by atoms with Crippen LogP contribution in [0.3, 0.4) is 0 Å². The van der Waals surface area contributed by atoms with Crippen molar-refractivity contribution in [3.63, 3.8) is 0 Å². The topological polar surface area (TPSA) is 38.3 Å². The van der Waals surface area contributed by atoms with Crippen LogP contribution in [0.4, 0.5) is 13.2 Å². The van der Waals surface area contributed by atoms with Crippen LogP contribution in [0.15, 0.2) is 22.7 Å². The van der Waals surface area contributed by atoms with Crippen molar-refractivity contribution in [2.75, 3.05) is 7.11 Å². The maximum Gasteiger partial charge on any atom is 0.411 e.